The van der Waals surface area contributed by atoms with Crippen LogP contribution in [0.2, 0.25) is 0 Å². The summed E-state index contributed by atoms with van der Waals surface area (Å²) in [5.74, 6) is 0.214. The molecule has 24 heavy (non-hydrogen) atoms. The number of anilines is 1. The summed E-state index contributed by atoms with van der Waals surface area (Å²) in [5, 5.41) is 7.80. The van der Waals surface area contributed by atoms with E-state index < -0.39 is 0 Å². The molecule has 2 aromatic carbocycles. The van der Waals surface area contributed by atoms with Crippen LogP contribution in [0.5, 0.6) is 0 Å². The Morgan fingerprint density at radius 2 is 1.75 bits per heavy atom. The summed E-state index contributed by atoms with van der Waals surface area (Å²) >= 11 is 0. The minimum atomic E-state index is 0.214. The molecule has 2 heterocycles. The number of aromatic amines is 1. The molecule has 0 spiro atoms. The van der Waals surface area contributed by atoms with E-state index in [9.17, 15) is 0 Å². The molecular weight excluding hydrogens is 298 g/mol. The third kappa shape index (κ3) is 2.27. The van der Waals surface area contributed by atoms with E-state index in [4.69, 9.17) is 17.3 Å². The van der Waals surface area contributed by atoms with Crippen LogP contribution in [0.15, 0.2) is 60.7 Å². The van der Waals surface area contributed by atoms with Gasteiger partial charge in [-0.05, 0) is 17.7 Å². The van der Waals surface area contributed by atoms with Gasteiger partial charge in [-0.15, -0.1) is 0 Å². The first-order valence-corrected chi connectivity index (χ1v) is 7.44. The maximum Gasteiger partial charge on any atom is 0.254 e. The van der Waals surface area contributed by atoms with Crippen molar-refractivity contribution in [2.75, 3.05) is 5.73 Å². The van der Waals surface area contributed by atoms with Gasteiger partial charge in [-0.3, -0.25) is 5.10 Å². The van der Waals surface area contributed by atoms with Crippen molar-refractivity contribution in [2.24, 2.45) is 0 Å². The number of nitrogens with zero attached hydrogens (tertiary/aromatic N) is 3. The Kier molecular flexibility index (Phi) is 3.22. The summed E-state index contributed by atoms with van der Waals surface area (Å²) in [6.45, 7) is 7.27. The molecule has 0 unspecified atom stereocenters. The molecule has 0 aliphatic heterocycles. The van der Waals surface area contributed by atoms with Crippen molar-refractivity contribution < 1.29 is 0 Å². The average Bonchev–Trinajstić information content (AvgIpc) is 3.02. The zero-order valence-electron chi connectivity index (χ0n) is 12.7. The van der Waals surface area contributed by atoms with E-state index in [0.717, 1.165) is 27.7 Å². The third-order valence-corrected chi connectivity index (χ3v) is 3.93. The largest absolute Gasteiger partial charge is 0.391 e. The van der Waals surface area contributed by atoms with Gasteiger partial charge in [0.2, 0.25) is 0 Å². The van der Waals surface area contributed by atoms with Crippen LogP contribution in [-0.4, -0.2) is 15.2 Å². The number of pyridine rings is 1. The van der Waals surface area contributed by atoms with Gasteiger partial charge >= 0.3 is 0 Å². The Morgan fingerprint density at radius 1 is 0.958 bits per heavy atom. The SMILES string of the molecule is [C-]#[N+]c1c(N)n[nH]c1-c1ccc2ccc(-c3ccccc3)nc2c1. The van der Waals surface area contributed by atoms with E-state index in [2.05, 4.69) is 15.0 Å². The number of fused-ring (bicyclic) bond motifs is 1. The summed E-state index contributed by atoms with van der Waals surface area (Å²) in [5.41, 5.74) is 10.4. The third-order valence-electron chi connectivity index (χ3n) is 3.93. The molecular formula is C19H13N5. The van der Waals surface area contributed by atoms with E-state index in [-0.39, 0.29) is 5.82 Å². The van der Waals surface area contributed by atoms with Gasteiger partial charge in [-0.25, -0.2) is 9.83 Å². The Morgan fingerprint density at radius 3 is 2.54 bits per heavy atom. The smallest absolute Gasteiger partial charge is 0.254 e. The van der Waals surface area contributed by atoms with Crippen molar-refractivity contribution in [3.63, 3.8) is 0 Å². The highest BCUT2D eigenvalue weighted by Gasteiger charge is 2.13. The number of rotatable bonds is 2. The van der Waals surface area contributed by atoms with Crippen molar-refractivity contribution in [1.82, 2.24) is 15.2 Å². The lowest BCUT2D eigenvalue weighted by Crippen LogP contribution is -1.86. The molecule has 0 atom stereocenters. The van der Waals surface area contributed by atoms with Gasteiger partial charge in [0.1, 0.15) is 0 Å². The first-order chi connectivity index (χ1) is 11.8. The monoisotopic (exact) mass is 311 g/mol. The van der Waals surface area contributed by atoms with Crippen LogP contribution in [-0.2, 0) is 0 Å². The van der Waals surface area contributed by atoms with Crippen molar-refractivity contribution in [3.8, 4) is 22.5 Å². The molecule has 5 heteroatoms. The molecule has 4 rings (SSSR count). The highest BCUT2D eigenvalue weighted by molar-refractivity contribution is 5.90. The van der Waals surface area contributed by atoms with Crippen LogP contribution in [0.25, 0.3) is 38.3 Å². The number of aromatic nitrogens is 3. The number of hydrogen-bond acceptors (Lipinski definition) is 3. The predicted molar refractivity (Wildman–Crippen MR) is 95.4 cm³/mol. The maximum absolute atomic E-state index is 7.27. The maximum atomic E-state index is 7.27. The summed E-state index contributed by atoms with van der Waals surface area (Å²) in [7, 11) is 0. The molecule has 0 amide bonds. The van der Waals surface area contributed by atoms with E-state index in [1.54, 1.807) is 0 Å². The Hall–Kier alpha value is -3.65. The molecule has 3 N–H and O–H groups in total. The summed E-state index contributed by atoms with van der Waals surface area (Å²) < 4.78 is 0. The van der Waals surface area contributed by atoms with Crippen LogP contribution >= 0.6 is 0 Å². The molecule has 0 saturated carbocycles. The average molecular weight is 311 g/mol. The van der Waals surface area contributed by atoms with Gasteiger partial charge in [-0.2, -0.15) is 5.10 Å². The quantitative estimate of drug-likeness (QED) is 0.538. The molecule has 114 valence electrons. The van der Waals surface area contributed by atoms with Crippen LogP contribution in [0.3, 0.4) is 0 Å². The van der Waals surface area contributed by atoms with Crippen LogP contribution in [0.1, 0.15) is 0 Å². The molecule has 0 aliphatic carbocycles. The van der Waals surface area contributed by atoms with Crippen molar-refractivity contribution >= 4 is 22.4 Å². The molecule has 2 aromatic heterocycles. The van der Waals surface area contributed by atoms with Crippen LogP contribution in [0.4, 0.5) is 11.5 Å². The van der Waals surface area contributed by atoms with Crippen molar-refractivity contribution in [2.45, 2.75) is 0 Å². The lowest BCUT2D eigenvalue weighted by Gasteiger charge is -2.05. The molecule has 0 fully saturated rings. The zero-order valence-corrected chi connectivity index (χ0v) is 12.7. The number of nitrogen functional groups attached to an aromatic ring is 1. The van der Waals surface area contributed by atoms with Crippen LogP contribution < -0.4 is 5.73 Å². The van der Waals surface area contributed by atoms with E-state index >= 15 is 0 Å². The standard InChI is InChI=1S/C19H13N5/c1-21-18-17(23-24-19(18)20)14-8-7-13-9-10-15(22-16(13)11-14)12-5-3-2-4-6-12/h2-11H,(H3,20,23,24). The second kappa shape index (κ2) is 5.52. The fourth-order valence-corrected chi connectivity index (χ4v) is 2.71. The second-order valence-corrected chi connectivity index (χ2v) is 5.41. The number of hydrogen-bond donors (Lipinski definition) is 2. The first-order valence-electron chi connectivity index (χ1n) is 7.44. The van der Waals surface area contributed by atoms with Crippen LogP contribution in [0, 0.1) is 6.57 Å². The lowest BCUT2D eigenvalue weighted by molar-refractivity contribution is 1.10. The van der Waals surface area contributed by atoms with Gasteiger partial charge < -0.3 is 5.73 Å². The molecule has 0 radical (unpaired) electrons. The molecule has 4 aromatic rings. The van der Waals surface area contributed by atoms with Gasteiger partial charge in [0.15, 0.2) is 5.82 Å². The minimum absolute atomic E-state index is 0.214. The fraction of sp³-hybridized carbons (Fsp3) is 0. The van der Waals surface area contributed by atoms with Crippen molar-refractivity contribution in [1.29, 1.82) is 0 Å². The molecule has 0 aliphatic rings. The number of H-pyrrole nitrogens is 1. The van der Waals surface area contributed by atoms with Gasteiger partial charge in [0, 0.05) is 10.9 Å². The van der Waals surface area contributed by atoms with Gasteiger partial charge in [0.25, 0.3) is 5.69 Å². The topological polar surface area (TPSA) is 71.9 Å². The van der Waals surface area contributed by atoms with E-state index in [1.165, 1.54) is 0 Å². The van der Waals surface area contributed by atoms with Crippen molar-refractivity contribution in [3.05, 3.63) is 72.1 Å². The fourth-order valence-electron chi connectivity index (χ4n) is 2.71. The first kappa shape index (κ1) is 14.0. The number of nitrogens with one attached hydrogen (secondary N) is 1. The normalized spacial score (nSPS) is 10.6. The van der Waals surface area contributed by atoms with Gasteiger partial charge in [0.05, 0.1) is 23.5 Å². The summed E-state index contributed by atoms with van der Waals surface area (Å²) in [6, 6.07) is 20.0. The lowest BCUT2D eigenvalue weighted by atomic mass is 10.1. The summed E-state index contributed by atoms with van der Waals surface area (Å²) in [6.07, 6.45) is 0. The Balaban J connectivity index is 1.87. The minimum Gasteiger partial charge on any atom is -0.391 e. The molecule has 0 saturated heterocycles. The second-order valence-electron chi connectivity index (χ2n) is 5.41. The Bertz CT molecular complexity index is 1070. The highest BCUT2D eigenvalue weighted by Crippen LogP contribution is 2.34. The van der Waals surface area contributed by atoms with E-state index in [1.807, 2.05) is 60.7 Å². The highest BCUT2D eigenvalue weighted by atomic mass is 15.2. The predicted octanol–water partition coefficient (Wildman–Crippen LogP) is 4.42. The molecule has 0 bridgehead atoms. The number of benzene rings is 2. The number of nitrogens with two attached hydrogens (primary N) is 1. The van der Waals surface area contributed by atoms with E-state index in [0.29, 0.717) is 11.4 Å². The zero-order chi connectivity index (χ0) is 16.5. The van der Waals surface area contributed by atoms with Gasteiger partial charge in [-0.1, -0.05) is 48.5 Å². The molecule has 5 nitrogen and oxygen atoms in total. The Labute approximate surface area is 138 Å². The summed E-state index contributed by atoms with van der Waals surface area (Å²) in [4.78, 5) is 8.21.